The van der Waals surface area contributed by atoms with E-state index in [-0.39, 0.29) is 6.04 Å². The molecule has 1 aliphatic heterocycles. The zero-order chi connectivity index (χ0) is 15.6. The molecule has 1 saturated carbocycles. The fourth-order valence-electron chi connectivity index (χ4n) is 3.41. The van der Waals surface area contributed by atoms with Crippen molar-refractivity contribution < 1.29 is 8.42 Å². The molecule has 22 heavy (non-hydrogen) atoms. The summed E-state index contributed by atoms with van der Waals surface area (Å²) in [5.41, 5.74) is 7.50. The average molecular weight is 324 g/mol. The van der Waals surface area contributed by atoms with Gasteiger partial charge in [-0.1, -0.05) is 36.8 Å². The molecule has 1 aromatic carbocycles. The molecule has 1 saturated heterocycles. The van der Waals surface area contributed by atoms with Crippen LogP contribution in [0.1, 0.15) is 24.8 Å². The first-order valence-electron chi connectivity index (χ1n) is 7.82. The molecular formula is C15H24N4O2S. The summed E-state index contributed by atoms with van der Waals surface area (Å²) in [6.07, 6.45) is 3.57. The van der Waals surface area contributed by atoms with E-state index in [1.807, 2.05) is 30.3 Å². The molecule has 3 rings (SSSR count). The first-order valence-corrected chi connectivity index (χ1v) is 9.26. The number of hydrogen-bond acceptors (Lipinski definition) is 4. The Bertz CT molecular complexity index is 593. The molecule has 3 atom stereocenters. The molecule has 0 bridgehead atoms. The van der Waals surface area contributed by atoms with Gasteiger partial charge in [-0.05, 0) is 24.3 Å². The SMILES string of the molecule is CN(CC1NNC2CCCC21)S(=O)(=O)NCc1ccccc1. The van der Waals surface area contributed by atoms with Gasteiger partial charge < -0.3 is 0 Å². The monoisotopic (exact) mass is 324 g/mol. The fraction of sp³-hybridized carbons (Fsp3) is 0.600. The fourth-order valence-corrected chi connectivity index (χ4v) is 4.33. The molecule has 6 nitrogen and oxygen atoms in total. The molecule has 3 N–H and O–H groups in total. The minimum atomic E-state index is -3.46. The lowest BCUT2D eigenvalue weighted by molar-refractivity contribution is 0.353. The van der Waals surface area contributed by atoms with Crippen molar-refractivity contribution in [2.45, 2.75) is 37.9 Å². The highest BCUT2D eigenvalue weighted by Crippen LogP contribution is 2.31. The summed E-state index contributed by atoms with van der Waals surface area (Å²) < 4.78 is 28.8. The predicted molar refractivity (Wildman–Crippen MR) is 86.0 cm³/mol. The summed E-state index contributed by atoms with van der Waals surface area (Å²) in [7, 11) is -1.82. The molecule has 2 aliphatic rings. The number of hydrogen-bond donors (Lipinski definition) is 3. The second-order valence-electron chi connectivity index (χ2n) is 6.19. The van der Waals surface area contributed by atoms with Crippen LogP contribution in [0.3, 0.4) is 0 Å². The minimum Gasteiger partial charge on any atom is -0.254 e. The van der Waals surface area contributed by atoms with Crippen LogP contribution in [0.5, 0.6) is 0 Å². The molecule has 0 aromatic heterocycles. The van der Waals surface area contributed by atoms with Gasteiger partial charge in [0.1, 0.15) is 0 Å². The molecule has 7 heteroatoms. The number of benzene rings is 1. The van der Waals surface area contributed by atoms with E-state index >= 15 is 0 Å². The molecule has 0 amide bonds. The van der Waals surface area contributed by atoms with Crippen LogP contribution in [0.4, 0.5) is 0 Å². The molecule has 1 aromatic rings. The lowest BCUT2D eigenvalue weighted by atomic mass is 9.97. The molecular weight excluding hydrogens is 300 g/mol. The van der Waals surface area contributed by atoms with Crippen molar-refractivity contribution in [1.29, 1.82) is 0 Å². The van der Waals surface area contributed by atoms with Crippen molar-refractivity contribution in [2.24, 2.45) is 5.92 Å². The highest BCUT2D eigenvalue weighted by atomic mass is 32.2. The van der Waals surface area contributed by atoms with Crippen molar-refractivity contribution in [3.63, 3.8) is 0 Å². The average Bonchev–Trinajstić information content (AvgIpc) is 3.11. The quantitative estimate of drug-likeness (QED) is 0.716. The zero-order valence-corrected chi connectivity index (χ0v) is 13.6. The Morgan fingerprint density at radius 3 is 2.77 bits per heavy atom. The highest BCUT2D eigenvalue weighted by molar-refractivity contribution is 7.87. The van der Waals surface area contributed by atoms with E-state index in [4.69, 9.17) is 0 Å². The van der Waals surface area contributed by atoms with Gasteiger partial charge in [-0.3, -0.25) is 10.9 Å². The third-order valence-corrected chi connectivity index (χ3v) is 6.18. The maximum Gasteiger partial charge on any atom is 0.279 e. The van der Waals surface area contributed by atoms with Gasteiger partial charge in [-0.2, -0.15) is 17.4 Å². The Balaban J connectivity index is 1.55. The summed E-state index contributed by atoms with van der Waals surface area (Å²) >= 11 is 0. The normalized spacial score (nSPS) is 28.2. The lowest BCUT2D eigenvalue weighted by Gasteiger charge is -2.24. The molecule has 122 valence electrons. The summed E-state index contributed by atoms with van der Waals surface area (Å²) in [5, 5.41) is 0. The first-order chi connectivity index (χ1) is 10.6. The molecule has 3 unspecified atom stereocenters. The van der Waals surface area contributed by atoms with E-state index < -0.39 is 10.2 Å². The second-order valence-corrected chi connectivity index (χ2v) is 8.05. The standard InChI is InChI=1S/C15H24N4O2S/c1-19(11-15-13-8-5-9-14(13)17-18-15)22(20,21)16-10-12-6-3-2-4-7-12/h2-4,6-7,13-18H,5,8-11H2,1H3. The first kappa shape index (κ1) is 15.9. The van der Waals surface area contributed by atoms with Crippen LogP contribution in [0.2, 0.25) is 0 Å². The van der Waals surface area contributed by atoms with Crippen molar-refractivity contribution >= 4 is 10.2 Å². The van der Waals surface area contributed by atoms with Gasteiger partial charge in [-0.25, -0.2) is 0 Å². The van der Waals surface area contributed by atoms with Crippen molar-refractivity contribution in [3.05, 3.63) is 35.9 Å². The van der Waals surface area contributed by atoms with Gasteiger partial charge in [0.2, 0.25) is 0 Å². The minimum absolute atomic E-state index is 0.186. The molecule has 0 spiro atoms. The van der Waals surface area contributed by atoms with E-state index in [9.17, 15) is 8.42 Å². The zero-order valence-electron chi connectivity index (χ0n) is 12.8. The smallest absolute Gasteiger partial charge is 0.254 e. The highest BCUT2D eigenvalue weighted by Gasteiger charge is 2.40. The maximum atomic E-state index is 12.4. The number of hydrazine groups is 1. The van der Waals surface area contributed by atoms with Gasteiger partial charge in [0, 0.05) is 32.2 Å². The Hall–Kier alpha value is -0.990. The molecule has 1 aliphatic carbocycles. The summed E-state index contributed by atoms with van der Waals surface area (Å²) in [5.74, 6) is 0.534. The largest absolute Gasteiger partial charge is 0.279 e. The van der Waals surface area contributed by atoms with Crippen LogP contribution in [-0.4, -0.2) is 38.4 Å². The predicted octanol–water partition coefficient (Wildman–Crippen LogP) is 0.598. The summed E-state index contributed by atoms with van der Waals surface area (Å²) in [4.78, 5) is 0. The topological polar surface area (TPSA) is 73.5 Å². The third kappa shape index (κ3) is 3.49. The van der Waals surface area contributed by atoms with Crippen LogP contribution < -0.4 is 15.6 Å². The van der Waals surface area contributed by atoms with E-state index in [2.05, 4.69) is 15.6 Å². The van der Waals surface area contributed by atoms with Crippen LogP contribution in [-0.2, 0) is 16.8 Å². The van der Waals surface area contributed by atoms with Crippen LogP contribution in [0, 0.1) is 5.92 Å². The molecule has 2 fully saturated rings. The summed E-state index contributed by atoms with van der Waals surface area (Å²) in [6.45, 7) is 0.800. The molecule has 0 radical (unpaired) electrons. The van der Waals surface area contributed by atoms with Crippen molar-refractivity contribution in [2.75, 3.05) is 13.6 Å². The second kappa shape index (κ2) is 6.64. The van der Waals surface area contributed by atoms with Gasteiger partial charge >= 0.3 is 0 Å². The number of nitrogens with zero attached hydrogens (tertiary/aromatic N) is 1. The lowest BCUT2D eigenvalue weighted by Crippen LogP contribution is -2.46. The number of fused-ring (bicyclic) bond motifs is 1. The molecule has 1 heterocycles. The van der Waals surface area contributed by atoms with Crippen molar-refractivity contribution in [3.8, 4) is 0 Å². The van der Waals surface area contributed by atoms with Crippen LogP contribution in [0.15, 0.2) is 30.3 Å². The van der Waals surface area contributed by atoms with Gasteiger partial charge in [0.05, 0.1) is 0 Å². The summed E-state index contributed by atoms with van der Waals surface area (Å²) in [6, 6.07) is 10.2. The van der Waals surface area contributed by atoms with Crippen LogP contribution in [0.25, 0.3) is 0 Å². The van der Waals surface area contributed by atoms with E-state index in [0.717, 1.165) is 5.56 Å². The number of rotatable bonds is 6. The van der Waals surface area contributed by atoms with E-state index in [1.54, 1.807) is 7.05 Å². The van der Waals surface area contributed by atoms with Crippen LogP contribution >= 0.6 is 0 Å². The van der Waals surface area contributed by atoms with Crippen molar-refractivity contribution in [1.82, 2.24) is 19.9 Å². The van der Waals surface area contributed by atoms with Gasteiger partial charge in [-0.15, -0.1) is 0 Å². The maximum absolute atomic E-state index is 12.4. The van der Waals surface area contributed by atoms with Gasteiger partial charge in [0.25, 0.3) is 10.2 Å². The number of likely N-dealkylation sites (N-methyl/N-ethyl adjacent to an activating group) is 1. The van der Waals surface area contributed by atoms with E-state index in [1.165, 1.54) is 23.6 Å². The Morgan fingerprint density at radius 1 is 1.23 bits per heavy atom. The number of nitrogens with one attached hydrogen (secondary N) is 3. The van der Waals surface area contributed by atoms with Gasteiger partial charge in [0.15, 0.2) is 0 Å². The van der Waals surface area contributed by atoms with E-state index in [0.29, 0.717) is 25.0 Å². The Morgan fingerprint density at radius 2 is 2.00 bits per heavy atom. The Kier molecular flexibility index (Phi) is 4.79. The third-order valence-electron chi connectivity index (χ3n) is 4.71. The Labute approximate surface area is 132 Å².